The number of ketones is 1. The summed E-state index contributed by atoms with van der Waals surface area (Å²) in [6, 6.07) is 19.9. The molecule has 0 saturated carbocycles. The molecule has 0 bridgehead atoms. The minimum atomic E-state index is -0.764. The van der Waals surface area contributed by atoms with Crippen LogP contribution in [0, 0.1) is 0 Å². The lowest BCUT2D eigenvalue weighted by atomic mass is 9.92. The maximum atomic E-state index is 13.5. The Bertz CT molecular complexity index is 1540. The van der Waals surface area contributed by atoms with Crippen molar-refractivity contribution >= 4 is 39.9 Å². The highest BCUT2D eigenvalue weighted by Crippen LogP contribution is 2.31. The summed E-state index contributed by atoms with van der Waals surface area (Å²) in [5.74, 6) is -0.378. The highest BCUT2D eigenvalue weighted by molar-refractivity contribution is 6.48. The summed E-state index contributed by atoms with van der Waals surface area (Å²) in [6.45, 7) is 10.6. The average molecular weight is 561 g/mol. The molecule has 1 amide bonds. The van der Waals surface area contributed by atoms with Crippen molar-refractivity contribution in [3.05, 3.63) is 83.0 Å². The molecule has 4 aromatic rings. The van der Waals surface area contributed by atoms with E-state index in [4.69, 9.17) is 26.2 Å². The third kappa shape index (κ3) is 6.04. The van der Waals surface area contributed by atoms with Crippen molar-refractivity contribution in [1.29, 1.82) is 0 Å². The Morgan fingerprint density at radius 3 is 2.42 bits per heavy atom. The zero-order valence-electron chi connectivity index (χ0n) is 22.9. The van der Waals surface area contributed by atoms with Crippen molar-refractivity contribution in [3.63, 3.8) is 0 Å². The van der Waals surface area contributed by atoms with Gasteiger partial charge in [0.15, 0.2) is 0 Å². The molecule has 1 aliphatic rings. The maximum Gasteiger partial charge on any atom is 0.297 e. The van der Waals surface area contributed by atoms with Crippen LogP contribution in [-0.4, -0.2) is 65.8 Å². The SMILES string of the molecule is CC(C)(C)c1cc(NC(=O)C(=O)c2ccc(OCCN3CCOCC3)c3ccccc23)n(-c2ccccc2Cl)n1. The van der Waals surface area contributed by atoms with Crippen LogP contribution >= 0.6 is 11.6 Å². The zero-order valence-corrected chi connectivity index (χ0v) is 23.7. The lowest BCUT2D eigenvalue weighted by Crippen LogP contribution is -2.38. The Morgan fingerprint density at radius 2 is 1.70 bits per heavy atom. The first kappa shape index (κ1) is 27.8. The molecule has 1 N–H and O–H groups in total. The van der Waals surface area contributed by atoms with Crippen molar-refractivity contribution in [2.45, 2.75) is 26.2 Å². The second-order valence-electron chi connectivity index (χ2n) is 10.8. The van der Waals surface area contributed by atoms with Gasteiger partial charge < -0.3 is 14.8 Å². The van der Waals surface area contributed by atoms with Crippen molar-refractivity contribution in [2.75, 3.05) is 44.8 Å². The second kappa shape index (κ2) is 11.8. The molecule has 40 heavy (non-hydrogen) atoms. The van der Waals surface area contributed by atoms with E-state index in [2.05, 4.69) is 10.2 Å². The molecule has 0 aliphatic carbocycles. The summed E-state index contributed by atoms with van der Waals surface area (Å²) < 4.78 is 13.1. The Kier molecular flexibility index (Phi) is 8.21. The summed E-state index contributed by atoms with van der Waals surface area (Å²) in [5.41, 5.74) is 1.36. The standard InChI is InChI=1S/C31H33ClN4O4/c1-31(2,3)27-20-28(36(34-27)25-11-7-6-10-24(25)32)33-30(38)29(37)23-12-13-26(22-9-5-4-8-21(22)23)40-19-16-35-14-17-39-18-15-35/h4-13,20H,14-19H2,1-3H3,(H,33,38). The van der Waals surface area contributed by atoms with E-state index >= 15 is 0 Å². The van der Waals surface area contributed by atoms with Gasteiger partial charge >= 0.3 is 0 Å². The van der Waals surface area contributed by atoms with Gasteiger partial charge in [0.05, 0.1) is 29.6 Å². The van der Waals surface area contributed by atoms with Gasteiger partial charge in [-0.25, -0.2) is 4.68 Å². The first-order valence-electron chi connectivity index (χ1n) is 13.4. The van der Waals surface area contributed by atoms with Crippen LogP contribution < -0.4 is 10.1 Å². The number of carbonyl (C=O) groups excluding carboxylic acids is 2. The Morgan fingerprint density at radius 1 is 1.00 bits per heavy atom. The summed E-state index contributed by atoms with van der Waals surface area (Å²) in [6.07, 6.45) is 0. The Balaban J connectivity index is 1.39. The molecule has 208 valence electrons. The van der Waals surface area contributed by atoms with Crippen molar-refractivity contribution in [2.24, 2.45) is 0 Å². The Hall–Kier alpha value is -3.72. The number of amides is 1. The van der Waals surface area contributed by atoms with Gasteiger partial charge in [0, 0.05) is 42.1 Å². The number of morpholine rings is 1. The van der Waals surface area contributed by atoms with Gasteiger partial charge in [0.1, 0.15) is 18.2 Å². The number of nitrogens with zero attached hydrogens (tertiary/aromatic N) is 3. The van der Waals surface area contributed by atoms with Crippen LogP contribution in [0.2, 0.25) is 5.02 Å². The fourth-order valence-electron chi connectivity index (χ4n) is 4.64. The summed E-state index contributed by atoms with van der Waals surface area (Å²) in [7, 11) is 0. The lowest BCUT2D eigenvalue weighted by molar-refractivity contribution is -0.112. The number of rotatable bonds is 8. The van der Waals surface area contributed by atoms with Crippen LogP contribution in [0.4, 0.5) is 5.82 Å². The number of benzene rings is 3. The minimum Gasteiger partial charge on any atom is -0.492 e. The molecular formula is C31H33ClN4O4. The van der Waals surface area contributed by atoms with Crippen LogP contribution in [0.25, 0.3) is 16.5 Å². The second-order valence-corrected chi connectivity index (χ2v) is 11.2. The number of fused-ring (bicyclic) bond motifs is 1. The monoisotopic (exact) mass is 560 g/mol. The minimum absolute atomic E-state index is 0.288. The van der Waals surface area contributed by atoms with Crippen LogP contribution in [0.15, 0.2) is 66.7 Å². The third-order valence-corrected chi connectivity index (χ3v) is 7.22. The number of para-hydroxylation sites is 1. The number of halogens is 1. The van der Waals surface area contributed by atoms with Crippen molar-refractivity contribution in [3.8, 4) is 11.4 Å². The average Bonchev–Trinajstić information content (AvgIpc) is 3.37. The van der Waals surface area contributed by atoms with Crippen molar-refractivity contribution in [1.82, 2.24) is 14.7 Å². The molecule has 9 heteroatoms. The van der Waals surface area contributed by atoms with E-state index in [0.717, 1.165) is 43.9 Å². The number of nitrogens with one attached hydrogen (secondary N) is 1. The van der Waals surface area contributed by atoms with Gasteiger partial charge in [-0.3, -0.25) is 14.5 Å². The molecule has 3 aromatic carbocycles. The molecule has 8 nitrogen and oxygen atoms in total. The van der Waals surface area contributed by atoms with Crippen LogP contribution in [0.5, 0.6) is 5.75 Å². The molecule has 0 spiro atoms. The molecule has 1 saturated heterocycles. The fraction of sp³-hybridized carbons (Fsp3) is 0.323. The number of aromatic nitrogens is 2. The Labute approximate surface area is 238 Å². The number of hydrogen-bond donors (Lipinski definition) is 1. The quantitative estimate of drug-likeness (QED) is 0.226. The van der Waals surface area contributed by atoms with Gasteiger partial charge in [-0.15, -0.1) is 0 Å². The number of carbonyl (C=O) groups is 2. The van der Waals surface area contributed by atoms with E-state index in [9.17, 15) is 9.59 Å². The third-order valence-electron chi connectivity index (χ3n) is 6.90. The molecule has 0 radical (unpaired) electrons. The van der Waals surface area contributed by atoms with E-state index in [1.165, 1.54) is 0 Å². The predicted octanol–water partition coefficient (Wildman–Crippen LogP) is 5.51. The maximum absolute atomic E-state index is 13.5. The highest BCUT2D eigenvalue weighted by Gasteiger charge is 2.25. The lowest BCUT2D eigenvalue weighted by Gasteiger charge is -2.26. The predicted molar refractivity (Wildman–Crippen MR) is 157 cm³/mol. The smallest absolute Gasteiger partial charge is 0.297 e. The van der Waals surface area contributed by atoms with Gasteiger partial charge in [0.2, 0.25) is 0 Å². The zero-order chi connectivity index (χ0) is 28.3. The van der Waals surface area contributed by atoms with Gasteiger partial charge in [0.25, 0.3) is 11.7 Å². The van der Waals surface area contributed by atoms with E-state index in [1.807, 2.05) is 63.2 Å². The molecular weight excluding hydrogens is 528 g/mol. The molecule has 5 rings (SSSR count). The molecule has 2 heterocycles. The molecule has 1 aliphatic heterocycles. The van der Waals surface area contributed by atoms with Gasteiger partial charge in [-0.2, -0.15) is 5.10 Å². The van der Waals surface area contributed by atoms with Crippen LogP contribution in [-0.2, 0) is 14.9 Å². The van der Waals surface area contributed by atoms with E-state index in [0.29, 0.717) is 39.8 Å². The van der Waals surface area contributed by atoms with Gasteiger partial charge in [-0.1, -0.05) is 68.8 Å². The molecule has 0 unspecified atom stereocenters. The van der Waals surface area contributed by atoms with Gasteiger partial charge in [-0.05, 0) is 29.7 Å². The van der Waals surface area contributed by atoms with E-state index in [-0.39, 0.29) is 5.41 Å². The topological polar surface area (TPSA) is 85.7 Å². The number of anilines is 1. The van der Waals surface area contributed by atoms with Crippen LogP contribution in [0.1, 0.15) is 36.8 Å². The molecule has 1 aromatic heterocycles. The summed E-state index contributed by atoms with van der Waals surface area (Å²) >= 11 is 6.45. The molecule has 0 atom stereocenters. The largest absolute Gasteiger partial charge is 0.492 e. The summed E-state index contributed by atoms with van der Waals surface area (Å²) in [4.78, 5) is 29.1. The fourth-order valence-corrected chi connectivity index (χ4v) is 4.86. The van der Waals surface area contributed by atoms with E-state index in [1.54, 1.807) is 28.9 Å². The van der Waals surface area contributed by atoms with Crippen molar-refractivity contribution < 1.29 is 19.1 Å². The number of ether oxygens (including phenoxy) is 2. The summed E-state index contributed by atoms with van der Waals surface area (Å²) in [5, 5.41) is 9.39. The molecule has 1 fully saturated rings. The first-order valence-corrected chi connectivity index (χ1v) is 13.8. The first-order chi connectivity index (χ1) is 19.2. The number of Topliss-reactive ketones (excluding diaryl/α,β-unsaturated/α-hetero) is 1. The normalized spacial score (nSPS) is 14.3. The van der Waals surface area contributed by atoms with E-state index < -0.39 is 11.7 Å². The van der Waals surface area contributed by atoms with Crippen LogP contribution in [0.3, 0.4) is 0 Å². The number of hydrogen-bond acceptors (Lipinski definition) is 6. The highest BCUT2D eigenvalue weighted by atomic mass is 35.5.